The first kappa shape index (κ1) is 26.9. The molecular formula is C28H22ClN7O3S2. The van der Waals surface area contributed by atoms with Crippen LogP contribution in [0.1, 0.15) is 17.2 Å². The molecule has 0 saturated carbocycles. The summed E-state index contributed by atoms with van der Waals surface area (Å²) >= 11 is 8.98. The van der Waals surface area contributed by atoms with E-state index < -0.39 is 12.0 Å². The molecule has 2 aromatic heterocycles. The average molecular weight is 604 g/mol. The van der Waals surface area contributed by atoms with Crippen LogP contribution in [0.25, 0.3) is 10.6 Å². The van der Waals surface area contributed by atoms with E-state index in [0.29, 0.717) is 45.9 Å². The Morgan fingerprint density at radius 2 is 1.80 bits per heavy atom. The average Bonchev–Trinajstić information content (AvgIpc) is 3.69. The molecule has 10 nitrogen and oxygen atoms in total. The first-order chi connectivity index (χ1) is 20.1. The monoisotopic (exact) mass is 603 g/mol. The molecular weight excluding hydrogens is 582 g/mol. The Labute approximate surface area is 248 Å². The van der Waals surface area contributed by atoms with Gasteiger partial charge in [-0.1, -0.05) is 100 Å². The number of nitrogens with zero attached hydrogens (tertiary/aromatic N) is 6. The van der Waals surface area contributed by atoms with Gasteiger partial charge in [0, 0.05) is 27.6 Å². The standard InChI is InChI=1S/C28H22ClN7O3S2/c1-38-26(37)23-21(16-40-28-33-31-25(41-28)18-7-3-2-4-8-18)30-27-32-34-35-36(27)24(23)20-9-5-6-10-22(20)39-15-17-11-13-19(29)14-12-17/h2-14,24H,15-16H2,1H3,(H,30,32,35). The lowest BCUT2D eigenvalue weighted by Gasteiger charge is -2.29. The second-order valence-corrected chi connectivity index (χ2v) is 11.5. The number of carbonyl (C=O) groups excluding carboxylic acids is 1. The van der Waals surface area contributed by atoms with Gasteiger partial charge in [0.05, 0.1) is 12.7 Å². The van der Waals surface area contributed by atoms with Crippen LogP contribution < -0.4 is 10.1 Å². The number of hydrogen-bond acceptors (Lipinski definition) is 11. The Morgan fingerprint density at radius 1 is 1.02 bits per heavy atom. The fraction of sp³-hybridized carbons (Fsp3) is 0.143. The van der Waals surface area contributed by atoms with E-state index in [-0.39, 0.29) is 0 Å². The van der Waals surface area contributed by atoms with Crippen LogP contribution in [0.15, 0.2) is 94.5 Å². The molecule has 0 bridgehead atoms. The maximum absolute atomic E-state index is 13.3. The van der Waals surface area contributed by atoms with Crippen molar-refractivity contribution >= 4 is 46.6 Å². The van der Waals surface area contributed by atoms with Crippen molar-refractivity contribution < 1.29 is 14.3 Å². The number of fused-ring (bicyclic) bond motifs is 1. The summed E-state index contributed by atoms with van der Waals surface area (Å²) in [5, 5.41) is 25.6. The van der Waals surface area contributed by atoms with Gasteiger partial charge in [-0.2, -0.15) is 4.68 Å². The number of esters is 1. The molecule has 13 heteroatoms. The minimum Gasteiger partial charge on any atom is -0.489 e. The molecule has 1 atom stereocenters. The molecule has 0 spiro atoms. The first-order valence-electron chi connectivity index (χ1n) is 12.4. The number of ether oxygens (including phenoxy) is 2. The summed E-state index contributed by atoms with van der Waals surface area (Å²) in [5.74, 6) is 0.855. The highest BCUT2D eigenvalue weighted by atomic mass is 35.5. The molecule has 0 fully saturated rings. The van der Waals surface area contributed by atoms with Gasteiger partial charge in [-0.3, -0.25) is 0 Å². The summed E-state index contributed by atoms with van der Waals surface area (Å²) in [6.07, 6.45) is 0. The summed E-state index contributed by atoms with van der Waals surface area (Å²) < 4.78 is 13.8. The Balaban J connectivity index is 1.33. The van der Waals surface area contributed by atoms with Gasteiger partial charge < -0.3 is 14.8 Å². The van der Waals surface area contributed by atoms with Gasteiger partial charge in [-0.25, -0.2) is 4.79 Å². The number of hydrogen-bond donors (Lipinski definition) is 1. The molecule has 3 aromatic carbocycles. The highest BCUT2D eigenvalue weighted by Gasteiger charge is 2.37. The van der Waals surface area contributed by atoms with Crippen LogP contribution in [0.4, 0.5) is 5.95 Å². The molecule has 0 aliphatic carbocycles. The quantitative estimate of drug-likeness (QED) is 0.167. The van der Waals surface area contributed by atoms with Crippen molar-refractivity contribution in [3.05, 3.63) is 106 Å². The Morgan fingerprint density at radius 3 is 2.61 bits per heavy atom. The molecule has 1 N–H and O–H groups in total. The highest BCUT2D eigenvalue weighted by molar-refractivity contribution is 8.01. The van der Waals surface area contributed by atoms with E-state index in [2.05, 4.69) is 31.0 Å². The number of aromatic nitrogens is 6. The number of anilines is 1. The number of carbonyl (C=O) groups is 1. The van der Waals surface area contributed by atoms with E-state index in [0.717, 1.165) is 20.5 Å². The first-order valence-corrected chi connectivity index (χ1v) is 14.6. The van der Waals surface area contributed by atoms with Crippen molar-refractivity contribution in [1.29, 1.82) is 0 Å². The van der Waals surface area contributed by atoms with Gasteiger partial charge in [0.15, 0.2) is 4.34 Å². The van der Waals surface area contributed by atoms with Gasteiger partial charge in [-0.15, -0.1) is 10.2 Å². The predicted molar refractivity (Wildman–Crippen MR) is 157 cm³/mol. The van der Waals surface area contributed by atoms with Crippen LogP contribution in [-0.4, -0.2) is 49.2 Å². The van der Waals surface area contributed by atoms with Crippen LogP contribution in [0, 0.1) is 0 Å². The Kier molecular flexibility index (Phi) is 7.94. The molecule has 1 aliphatic rings. The number of thioether (sulfide) groups is 1. The number of rotatable bonds is 9. The number of para-hydroxylation sites is 1. The SMILES string of the molecule is COC(=O)C1=C(CSc2nnc(-c3ccccc3)s2)Nc2nnnn2C1c1ccccc1OCc1ccc(Cl)cc1. The number of halogens is 1. The van der Waals surface area contributed by atoms with E-state index in [1.165, 1.54) is 30.2 Å². The fourth-order valence-electron chi connectivity index (χ4n) is 4.36. The molecule has 0 amide bonds. The third-order valence-electron chi connectivity index (χ3n) is 6.29. The van der Waals surface area contributed by atoms with E-state index in [9.17, 15) is 4.79 Å². The van der Waals surface area contributed by atoms with E-state index >= 15 is 0 Å². The Bertz CT molecular complexity index is 1710. The second-order valence-electron chi connectivity index (χ2n) is 8.84. The van der Waals surface area contributed by atoms with Gasteiger partial charge in [0.1, 0.15) is 23.4 Å². The number of benzene rings is 3. The minimum atomic E-state index is -0.694. The van der Waals surface area contributed by atoms with Gasteiger partial charge in [0.25, 0.3) is 0 Å². The van der Waals surface area contributed by atoms with Crippen molar-refractivity contribution in [3.8, 4) is 16.3 Å². The zero-order valence-corrected chi connectivity index (χ0v) is 24.0. The molecule has 1 aliphatic heterocycles. The molecule has 206 valence electrons. The van der Waals surface area contributed by atoms with E-state index in [1.807, 2.05) is 78.9 Å². The molecule has 3 heterocycles. The van der Waals surface area contributed by atoms with Crippen LogP contribution in [-0.2, 0) is 16.1 Å². The van der Waals surface area contributed by atoms with Gasteiger partial charge in [0.2, 0.25) is 5.95 Å². The minimum absolute atomic E-state index is 0.308. The molecule has 1 unspecified atom stereocenters. The van der Waals surface area contributed by atoms with E-state index in [1.54, 1.807) is 4.68 Å². The Hall–Kier alpha value is -4.26. The van der Waals surface area contributed by atoms with Crippen molar-refractivity contribution in [3.63, 3.8) is 0 Å². The van der Waals surface area contributed by atoms with Crippen molar-refractivity contribution in [2.75, 3.05) is 18.2 Å². The topological polar surface area (TPSA) is 117 Å². The van der Waals surface area contributed by atoms with Crippen LogP contribution >= 0.6 is 34.7 Å². The van der Waals surface area contributed by atoms with Crippen molar-refractivity contribution in [2.24, 2.45) is 0 Å². The summed E-state index contributed by atoms with van der Waals surface area (Å²) in [4.78, 5) is 13.3. The zero-order valence-electron chi connectivity index (χ0n) is 21.6. The number of nitrogens with one attached hydrogen (secondary N) is 1. The summed E-state index contributed by atoms with van der Waals surface area (Å²) in [6, 6.07) is 24.1. The van der Waals surface area contributed by atoms with Gasteiger partial charge >= 0.3 is 5.97 Å². The third kappa shape index (κ3) is 5.80. The maximum Gasteiger partial charge on any atom is 0.338 e. The highest BCUT2D eigenvalue weighted by Crippen LogP contribution is 2.41. The lowest BCUT2D eigenvalue weighted by molar-refractivity contribution is -0.136. The number of methoxy groups -OCH3 is 1. The smallest absolute Gasteiger partial charge is 0.338 e. The van der Waals surface area contributed by atoms with E-state index in [4.69, 9.17) is 21.1 Å². The molecule has 5 aromatic rings. The van der Waals surface area contributed by atoms with Crippen LogP contribution in [0.3, 0.4) is 0 Å². The largest absolute Gasteiger partial charge is 0.489 e. The number of tetrazole rings is 1. The normalized spacial score (nSPS) is 14.3. The molecule has 6 rings (SSSR count). The van der Waals surface area contributed by atoms with Gasteiger partial charge in [-0.05, 0) is 34.2 Å². The summed E-state index contributed by atoms with van der Waals surface area (Å²) in [6.45, 7) is 0.308. The molecule has 41 heavy (non-hydrogen) atoms. The molecule has 0 saturated heterocycles. The van der Waals surface area contributed by atoms with Crippen molar-refractivity contribution in [1.82, 2.24) is 30.4 Å². The third-order valence-corrected chi connectivity index (χ3v) is 8.68. The predicted octanol–water partition coefficient (Wildman–Crippen LogP) is 5.66. The van der Waals surface area contributed by atoms with Crippen molar-refractivity contribution in [2.45, 2.75) is 17.0 Å². The zero-order chi connectivity index (χ0) is 28.2. The molecule has 0 radical (unpaired) electrons. The fourth-order valence-corrected chi connectivity index (χ4v) is 6.32. The van der Waals surface area contributed by atoms with Crippen LogP contribution in [0.5, 0.6) is 5.75 Å². The summed E-state index contributed by atoms with van der Waals surface area (Å²) in [7, 11) is 1.35. The second kappa shape index (κ2) is 12.1. The maximum atomic E-state index is 13.3. The lowest BCUT2D eigenvalue weighted by Crippen LogP contribution is -2.31. The lowest BCUT2D eigenvalue weighted by atomic mass is 9.95. The van der Waals surface area contributed by atoms with Crippen LogP contribution in [0.2, 0.25) is 5.02 Å². The summed E-state index contributed by atoms with van der Waals surface area (Å²) in [5.41, 5.74) is 3.64.